The number of hydrogen-bond acceptors (Lipinski definition) is 5. The van der Waals surface area contributed by atoms with E-state index in [1.54, 1.807) is 12.4 Å². The number of anilines is 1. The van der Waals surface area contributed by atoms with Gasteiger partial charge in [-0.3, -0.25) is 0 Å². The number of imidazole rings is 1. The Morgan fingerprint density at radius 3 is 2.74 bits per heavy atom. The molecule has 0 amide bonds. The Kier molecular flexibility index (Phi) is 6.32. The van der Waals surface area contributed by atoms with Gasteiger partial charge in [-0.1, -0.05) is 0 Å². The molecule has 2 fully saturated rings. The van der Waals surface area contributed by atoms with E-state index >= 15 is 0 Å². The van der Waals surface area contributed by atoms with Crippen LogP contribution in [-0.2, 0) is 12.6 Å². The summed E-state index contributed by atoms with van der Waals surface area (Å²) in [6.45, 7) is 2.60. The molecule has 3 aromatic heterocycles. The van der Waals surface area contributed by atoms with Crippen LogP contribution >= 0.6 is 0 Å². The van der Waals surface area contributed by atoms with Gasteiger partial charge in [-0.2, -0.15) is 13.2 Å². The second kappa shape index (κ2) is 9.55. The largest absolute Gasteiger partial charge is 0.416 e. The highest BCUT2D eigenvalue weighted by Gasteiger charge is 2.35. The van der Waals surface area contributed by atoms with Gasteiger partial charge in [0.25, 0.3) is 0 Å². The fraction of sp³-hybridized carbons (Fsp3) is 0.536. The smallest absolute Gasteiger partial charge is 0.383 e. The number of aryl methyl sites for hydroxylation is 2. The summed E-state index contributed by atoms with van der Waals surface area (Å²) in [4.78, 5) is 18.8. The Bertz CT molecular complexity index is 1450. The number of rotatable bonds is 7. The second-order valence-electron chi connectivity index (χ2n) is 11.4. The van der Waals surface area contributed by atoms with Crippen LogP contribution in [0.3, 0.4) is 0 Å². The first-order valence-electron chi connectivity index (χ1n) is 13.5. The third-order valence-corrected chi connectivity index (χ3v) is 8.80. The first-order valence-corrected chi connectivity index (χ1v) is 13.5. The summed E-state index contributed by atoms with van der Waals surface area (Å²) >= 11 is 0. The van der Waals surface area contributed by atoms with E-state index in [-0.39, 0.29) is 5.56 Å². The zero-order chi connectivity index (χ0) is 26.6. The summed E-state index contributed by atoms with van der Waals surface area (Å²) in [5, 5.41) is 0.928. The average molecular weight is 526 g/mol. The minimum Gasteiger partial charge on any atom is -0.383 e. The van der Waals surface area contributed by atoms with Crippen LogP contribution in [-0.4, -0.2) is 49.0 Å². The van der Waals surface area contributed by atoms with Gasteiger partial charge < -0.3 is 20.2 Å². The maximum atomic E-state index is 13.2. The molecule has 3 N–H and O–H groups in total. The number of hydrogen-bond donors (Lipinski definition) is 2. The topological polar surface area (TPSA) is 88.7 Å². The van der Waals surface area contributed by atoms with Crippen LogP contribution in [0.15, 0.2) is 30.7 Å². The monoisotopic (exact) mass is 525 g/mol. The SMILES string of the molecule is Cc1cc2[nH]c(CCC3CC(N(C)C[C@@H]4CC[C@H](n5ccc6c(N)ncnc65)C4)C3)nc2cc1C(F)(F)F. The molecule has 1 aromatic carbocycles. The van der Waals surface area contributed by atoms with Gasteiger partial charge in [-0.05, 0) is 88.1 Å². The molecule has 2 aliphatic rings. The normalized spacial score (nSPS) is 24.1. The van der Waals surface area contributed by atoms with Gasteiger partial charge in [0.1, 0.15) is 23.6 Å². The molecule has 0 saturated heterocycles. The van der Waals surface area contributed by atoms with Crippen LogP contribution in [0.4, 0.5) is 19.0 Å². The van der Waals surface area contributed by atoms with Crippen LogP contribution in [0.1, 0.15) is 61.5 Å². The van der Waals surface area contributed by atoms with Crippen LogP contribution in [0, 0.1) is 18.8 Å². The van der Waals surface area contributed by atoms with Crippen molar-refractivity contribution in [2.75, 3.05) is 19.3 Å². The lowest BCUT2D eigenvalue weighted by Crippen LogP contribution is -2.44. The van der Waals surface area contributed by atoms with Crippen molar-refractivity contribution in [3.05, 3.63) is 47.7 Å². The van der Waals surface area contributed by atoms with Crippen LogP contribution in [0.5, 0.6) is 0 Å². The van der Waals surface area contributed by atoms with Gasteiger partial charge >= 0.3 is 6.18 Å². The molecule has 6 rings (SSSR count). The molecule has 10 heteroatoms. The zero-order valence-corrected chi connectivity index (χ0v) is 21.8. The van der Waals surface area contributed by atoms with Crippen molar-refractivity contribution in [1.29, 1.82) is 0 Å². The van der Waals surface area contributed by atoms with Crippen molar-refractivity contribution in [1.82, 2.24) is 29.4 Å². The van der Waals surface area contributed by atoms with Gasteiger partial charge in [0.05, 0.1) is 22.0 Å². The summed E-state index contributed by atoms with van der Waals surface area (Å²) in [7, 11) is 2.24. The lowest BCUT2D eigenvalue weighted by atomic mass is 9.76. The van der Waals surface area contributed by atoms with Crippen molar-refractivity contribution < 1.29 is 13.2 Å². The van der Waals surface area contributed by atoms with E-state index in [1.807, 2.05) is 6.07 Å². The summed E-state index contributed by atoms with van der Waals surface area (Å²) in [6.07, 6.45) is 6.91. The number of halogens is 3. The minimum absolute atomic E-state index is 0.221. The number of nitrogen functional groups attached to an aromatic ring is 1. The Balaban J connectivity index is 0.981. The molecule has 7 nitrogen and oxygen atoms in total. The Hall–Kier alpha value is -3.14. The first kappa shape index (κ1) is 25.2. The molecule has 0 bridgehead atoms. The highest BCUT2D eigenvalue weighted by molar-refractivity contribution is 5.86. The van der Waals surface area contributed by atoms with E-state index < -0.39 is 11.7 Å². The molecule has 38 heavy (non-hydrogen) atoms. The molecular formula is C28H34F3N7. The van der Waals surface area contributed by atoms with Gasteiger partial charge in [0.15, 0.2) is 0 Å². The maximum Gasteiger partial charge on any atom is 0.416 e. The summed E-state index contributed by atoms with van der Waals surface area (Å²) in [6, 6.07) is 5.79. The lowest BCUT2D eigenvalue weighted by molar-refractivity contribution is -0.137. The van der Waals surface area contributed by atoms with Crippen molar-refractivity contribution in [3.63, 3.8) is 0 Å². The Morgan fingerprint density at radius 1 is 1.13 bits per heavy atom. The minimum atomic E-state index is -4.36. The van der Waals surface area contributed by atoms with Gasteiger partial charge in [0, 0.05) is 31.2 Å². The van der Waals surface area contributed by atoms with E-state index in [1.165, 1.54) is 26.2 Å². The molecule has 0 unspecified atom stereocenters. The lowest BCUT2D eigenvalue weighted by Gasteiger charge is -2.42. The number of nitrogens with zero attached hydrogens (tertiary/aromatic N) is 5. The van der Waals surface area contributed by atoms with Gasteiger partial charge in [0.2, 0.25) is 0 Å². The molecule has 0 radical (unpaired) electrons. The van der Waals surface area contributed by atoms with Crippen LogP contribution in [0.25, 0.3) is 22.1 Å². The number of fused-ring (bicyclic) bond motifs is 2. The van der Waals surface area contributed by atoms with E-state index in [0.29, 0.717) is 40.8 Å². The number of aromatic amines is 1. The molecule has 2 saturated carbocycles. The van der Waals surface area contributed by atoms with E-state index in [2.05, 4.69) is 42.6 Å². The summed E-state index contributed by atoms with van der Waals surface area (Å²) in [5.74, 6) is 2.61. The van der Waals surface area contributed by atoms with E-state index in [0.717, 1.165) is 55.2 Å². The predicted octanol–water partition coefficient (Wildman–Crippen LogP) is 5.90. The quantitative estimate of drug-likeness (QED) is 0.314. The molecule has 2 aliphatic carbocycles. The van der Waals surface area contributed by atoms with Crippen molar-refractivity contribution in [3.8, 4) is 0 Å². The molecule has 0 spiro atoms. The number of nitrogens with one attached hydrogen (secondary N) is 1. The fourth-order valence-electron chi connectivity index (χ4n) is 6.59. The average Bonchev–Trinajstić information content (AvgIpc) is 3.55. The van der Waals surface area contributed by atoms with Crippen molar-refractivity contribution >= 4 is 27.9 Å². The molecule has 202 valence electrons. The third-order valence-electron chi connectivity index (χ3n) is 8.80. The van der Waals surface area contributed by atoms with E-state index in [9.17, 15) is 13.2 Å². The van der Waals surface area contributed by atoms with Gasteiger partial charge in [-0.25, -0.2) is 15.0 Å². The number of aromatic nitrogens is 5. The predicted molar refractivity (Wildman–Crippen MR) is 142 cm³/mol. The summed E-state index contributed by atoms with van der Waals surface area (Å²) in [5.41, 5.74) is 7.62. The molecule has 3 heterocycles. The standard InChI is InChI=1S/C28H34F3N7/c1-16-9-23-24(13-22(16)28(29,30)31)36-25(35-23)6-4-17-10-20(11-17)37(2)14-18-3-5-19(12-18)38-8-7-21-26(32)33-15-34-27(21)38/h7-9,13,15,17-20H,3-6,10-12,14H2,1-2H3,(H,35,36)(H2,32,33,34)/t17?,18-,19+,20?/m1/s1. The Labute approximate surface area is 219 Å². The maximum absolute atomic E-state index is 13.2. The Morgan fingerprint density at radius 2 is 1.95 bits per heavy atom. The molecule has 2 atom stereocenters. The van der Waals surface area contributed by atoms with Crippen LogP contribution < -0.4 is 5.73 Å². The number of nitrogens with two attached hydrogens (primary N) is 1. The highest BCUT2D eigenvalue weighted by Crippen LogP contribution is 2.40. The second-order valence-corrected chi connectivity index (χ2v) is 11.4. The van der Waals surface area contributed by atoms with Gasteiger partial charge in [-0.15, -0.1) is 0 Å². The van der Waals surface area contributed by atoms with Crippen molar-refractivity contribution in [2.45, 2.75) is 70.1 Å². The first-order chi connectivity index (χ1) is 18.2. The molecule has 4 aromatic rings. The number of alkyl halides is 3. The summed E-state index contributed by atoms with van der Waals surface area (Å²) < 4.78 is 41.9. The van der Waals surface area contributed by atoms with Crippen molar-refractivity contribution in [2.24, 2.45) is 11.8 Å². The number of H-pyrrole nitrogens is 1. The molecule has 0 aliphatic heterocycles. The zero-order valence-electron chi connectivity index (χ0n) is 21.8. The third kappa shape index (κ3) is 4.74. The highest BCUT2D eigenvalue weighted by atomic mass is 19.4. The number of benzene rings is 1. The molecular weight excluding hydrogens is 491 g/mol. The van der Waals surface area contributed by atoms with Crippen LogP contribution in [0.2, 0.25) is 0 Å². The van der Waals surface area contributed by atoms with E-state index in [4.69, 9.17) is 5.73 Å². The fourth-order valence-corrected chi connectivity index (χ4v) is 6.59.